The number of carbonyl (C=O) groups is 2. The van der Waals surface area contributed by atoms with Gasteiger partial charge in [0.15, 0.2) is 0 Å². The van der Waals surface area contributed by atoms with Crippen LogP contribution in [-0.4, -0.2) is 37.6 Å². The molecule has 0 aliphatic carbocycles. The van der Waals surface area contributed by atoms with Crippen molar-refractivity contribution in [3.05, 3.63) is 0 Å². The van der Waals surface area contributed by atoms with Crippen molar-refractivity contribution in [3.63, 3.8) is 0 Å². The monoisotopic (exact) mass is 222 g/mol. The van der Waals surface area contributed by atoms with Crippen molar-refractivity contribution in [2.24, 2.45) is 0 Å². The first-order valence-corrected chi connectivity index (χ1v) is 7.76. The molecule has 0 aromatic carbocycles. The summed E-state index contributed by atoms with van der Waals surface area (Å²) in [6.07, 6.45) is 0.444. The van der Waals surface area contributed by atoms with Gasteiger partial charge in [0.25, 0.3) is 0 Å². The SMILES string of the molecule is O=C(O)C[CH2][GeH2][CH2]CC(=O)O. The van der Waals surface area contributed by atoms with E-state index in [1.165, 1.54) is 0 Å². The minimum atomic E-state index is -0.826. The first-order valence-electron chi connectivity index (χ1n) is 3.56. The van der Waals surface area contributed by atoms with E-state index >= 15 is 0 Å². The number of hydrogen-bond acceptors (Lipinski definition) is 2. The molecule has 4 nitrogen and oxygen atoms in total. The fraction of sp³-hybridized carbons (Fsp3) is 0.667. The summed E-state index contributed by atoms with van der Waals surface area (Å²) in [5, 5.41) is 18.0. The van der Waals surface area contributed by atoms with E-state index in [0.29, 0.717) is 0 Å². The normalized spacial score (nSPS) is 9.45. The topological polar surface area (TPSA) is 74.6 Å². The zero-order valence-electron chi connectivity index (χ0n) is 6.25. The first kappa shape index (κ1) is 10.5. The molecule has 0 unspecified atom stereocenters. The summed E-state index contributed by atoms with van der Waals surface area (Å²) in [5.74, 6) is -1.54. The van der Waals surface area contributed by atoms with Crippen molar-refractivity contribution in [1.29, 1.82) is 0 Å². The summed E-state index contributed by atoms with van der Waals surface area (Å²) < 4.78 is 0. The van der Waals surface area contributed by atoms with Gasteiger partial charge in [-0.2, -0.15) is 0 Å². The first-order chi connectivity index (χ1) is 5.13. The van der Waals surface area contributed by atoms with Crippen molar-refractivity contribution < 1.29 is 19.8 Å². The van der Waals surface area contributed by atoms with Gasteiger partial charge in [0.05, 0.1) is 0 Å². The van der Waals surface area contributed by atoms with E-state index in [-0.39, 0.29) is 12.8 Å². The Morgan fingerprint density at radius 1 is 1.00 bits per heavy atom. The second kappa shape index (κ2) is 6.21. The van der Waals surface area contributed by atoms with Gasteiger partial charge in [-0.05, 0) is 0 Å². The molecule has 0 spiro atoms. The Morgan fingerprint density at radius 3 is 1.64 bits per heavy atom. The molecule has 0 aromatic rings. The Bertz CT molecular complexity index is 130. The summed E-state index contributed by atoms with van der Waals surface area (Å²) in [5.41, 5.74) is 0. The van der Waals surface area contributed by atoms with Gasteiger partial charge in [-0.25, -0.2) is 0 Å². The van der Waals surface area contributed by atoms with E-state index in [9.17, 15) is 9.59 Å². The molecular weight excluding hydrogens is 209 g/mol. The fourth-order valence-electron chi connectivity index (χ4n) is 0.729. The Hall–Kier alpha value is -0.517. The van der Waals surface area contributed by atoms with Crippen LogP contribution < -0.4 is 0 Å². The molecule has 5 heteroatoms. The molecule has 0 radical (unpaired) electrons. The summed E-state index contributed by atoms with van der Waals surface area (Å²) >= 11 is -0.826. The Balaban J connectivity index is 3.03. The molecule has 64 valence electrons. The number of rotatable bonds is 6. The summed E-state index contributed by atoms with van der Waals surface area (Å²) in [6.45, 7) is 0. The molecule has 0 saturated heterocycles. The molecule has 0 aromatic heterocycles. The average molecular weight is 221 g/mol. The van der Waals surface area contributed by atoms with Crippen molar-refractivity contribution in [1.82, 2.24) is 0 Å². The Morgan fingerprint density at radius 2 is 1.36 bits per heavy atom. The zero-order valence-corrected chi connectivity index (χ0v) is 9.21. The van der Waals surface area contributed by atoms with Gasteiger partial charge in [0.1, 0.15) is 0 Å². The molecule has 0 saturated carbocycles. The van der Waals surface area contributed by atoms with Crippen LogP contribution in [0.25, 0.3) is 0 Å². The molecule has 11 heavy (non-hydrogen) atoms. The predicted octanol–water partition coefficient (Wildman–Crippen LogP) is -0.0588. The van der Waals surface area contributed by atoms with E-state index in [1.54, 1.807) is 0 Å². The molecule has 0 heterocycles. The molecule has 2 N–H and O–H groups in total. The second-order valence-electron chi connectivity index (χ2n) is 2.35. The van der Waals surface area contributed by atoms with Crippen LogP contribution in [0.2, 0.25) is 10.5 Å². The summed E-state index contributed by atoms with van der Waals surface area (Å²) in [7, 11) is 0. The van der Waals surface area contributed by atoms with Gasteiger partial charge < -0.3 is 0 Å². The molecule has 0 rings (SSSR count). The molecule has 0 fully saturated rings. The average Bonchev–Trinajstić information content (AvgIpc) is 1.85. The van der Waals surface area contributed by atoms with Crippen LogP contribution in [0, 0.1) is 0 Å². The van der Waals surface area contributed by atoms with Gasteiger partial charge >= 0.3 is 70.5 Å². The molecule has 0 aliphatic heterocycles. The third-order valence-corrected chi connectivity index (χ3v) is 4.86. The van der Waals surface area contributed by atoms with Gasteiger partial charge in [-0.1, -0.05) is 0 Å². The van der Waals surface area contributed by atoms with Gasteiger partial charge in [-0.3, -0.25) is 0 Å². The minimum absolute atomic E-state index is 0.222. The Labute approximate surface area is 71.1 Å². The van der Waals surface area contributed by atoms with E-state index in [4.69, 9.17) is 10.2 Å². The maximum absolute atomic E-state index is 10.0. The number of aliphatic carboxylic acids is 2. The third kappa shape index (κ3) is 9.48. The van der Waals surface area contributed by atoms with E-state index in [2.05, 4.69) is 0 Å². The van der Waals surface area contributed by atoms with Crippen molar-refractivity contribution in [2.45, 2.75) is 23.3 Å². The molecule has 0 atom stereocenters. The van der Waals surface area contributed by atoms with Crippen LogP contribution in [0.5, 0.6) is 0 Å². The number of hydrogen-bond donors (Lipinski definition) is 2. The quantitative estimate of drug-likeness (QED) is 0.486. The Kier molecular flexibility index (Phi) is 5.92. The molecule has 0 bridgehead atoms. The van der Waals surface area contributed by atoms with Crippen LogP contribution in [0.1, 0.15) is 12.8 Å². The summed E-state index contributed by atoms with van der Waals surface area (Å²) in [4.78, 5) is 20.0. The van der Waals surface area contributed by atoms with Crippen LogP contribution in [0.4, 0.5) is 0 Å². The molecule has 0 amide bonds. The van der Waals surface area contributed by atoms with Crippen molar-refractivity contribution in [2.75, 3.05) is 0 Å². The van der Waals surface area contributed by atoms with Crippen LogP contribution in [-0.2, 0) is 9.59 Å². The van der Waals surface area contributed by atoms with Crippen LogP contribution >= 0.6 is 0 Å². The van der Waals surface area contributed by atoms with Crippen LogP contribution in [0.3, 0.4) is 0 Å². The maximum atomic E-state index is 10.0. The van der Waals surface area contributed by atoms with Crippen molar-refractivity contribution in [3.8, 4) is 0 Å². The van der Waals surface area contributed by atoms with E-state index in [0.717, 1.165) is 10.5 Å². The van der Waals surface area contributed by atoms with Gasteiger partial charge in [0, 0.05) is 0 Å². The number of carboxylic acid groups (broad SMARTS) is 2. The van der Waals surface area contributed by atoms with Gasteiger partial charge in [-0.15, -0.1) is 0 Å². The fourth-order valence-corrected chi connectivity index (χ4v) is 3.79. The van der Waals surface area contributed by atoms with E-state index < -0.39 is 27.4 Å². The summed E-state index contributed by atoms with van der Waals surface area (Å²) in [6, 6.07) is 0. The van der Waals surface area contributed by atoms with E-state index in [1.807, 2.05) is 0 Å². The van der Waals surface area contributed by atoms with Crippen LogP contribution in [0.15, 0.2) is 0 Å². The zero-order chi connectivity index (χ0) is 8.69. The molecule has 0 aliphatic rings. The van der Waals surface area contributed by atoms with Crippen molar-refractivity contribution >= 4 is 27.4 Å². The van der Waals surface area contributed by atoms with Gasteiger partial charge in [0.2, 0.25) is 0 Å². The molecular formula is C6H12GeO4. The predicted molar refractivity (Wildman–Crippen MR) is 42.7 cm³/mol. The number of carboxylic acids is 2. The second-order valence-corrected chi connectivity index (χ2v) is 6.80. The standard InChI is InChI=1S/C6H12GeO4/c8-5(9)1-3-7-4-2-6(10)11/h1-4,7H2,(H,8,9)(H,10,11). The third-order valence-electron chi connectivity index (χ3n) is 1.28.